The van der Waals surface area contributed by atoms with Crippen LogP contribution in [-0.4, -0.2) is 0 Å². The molecule has 0 aliphatic carbocycles. The maximum Gasteiger partial charge on any atom is 0.123 e. The maximum absolute atomic E-state index is 12.5. The lowest BCUT2D eigenvalue weighted by Gasteiger charge is -2.02. The van der Waals surface area contributed by atoms with Crippen LogP contribution in [0.25, 0.3) is 0 Å². The van der Waals surface area contributed by atoms with E-state index in [1.807, 2.05) is 13.8 Å². The highest BCUT2D eigenvalue weighted by molar-refractivity contribution is 5.17. The largest absolute Gasteiger partial charge is 0.207 e. The van der Waals surface area contributed by atoms with Crippen LogP contribution < -0.4 is 0 Å². The molecule has 0 saturated carbocycles. The molecule has 0 aliphatic heterocycles. The number of rotatable bonds is 1. The molecule has 0 heterocycles. The average molecular weight is 137 g/mol. The van der Waals surface area contributed by atoms with Crippen LogP contribution in [0.1, 0.15) is 25.3 Å². The molecule has 0 fully saturated rings. The predicted octanol–water partition coefficient (Wildman–Crippen LogP) is 2.75. The van der Waals surface area contributed by atoms with Crippen molar-refractivity contribution in [2.75, 3.05) is 0 Å². The fraction of sp³-hybridized carbons (Fsp3) is 0.333. The van der Waals surface area contributed by atoms with Gasteiger partial charge in [-0.25, -0.2) is 4.39 Å². The van der Waals surface area contributed by atoms with Gasteiger partial charge >= 0.3 is 0 Å². The van der Waals surface area contributed by atoms with Gasteiger partial charge in [-0.15, -0.1) is 0 Å². The molecule has 1 rings (SSSR count). The second kappa shape index (κ2) is 2.82. The summed E-state index contributed by atoms with van der Waals surface area (Å²) in [6, 6.07) is 7.51. The van der Waals surface area contributed by atoms with Crippen LogP contribution in [0.2, 0.25) is 0 Å². The van der Waals surface area contributed by atoms with Crippen LogP contribution in [0.15, 0.2) is 18.2 Å². The lowest BCUT2D eigenvalue weighted by atomic mass is 10.0. The third kappa shape index (κ3) is 1.56. The number of hydrogen-bond acceptors (Lipinski definition) is 0. The molecule has 0 aromatic heterocycles. The molecule has 1 heteroatoms. The second-order valence-electron chi connectivity index (χ2n) is 2.62. The number of halogens is 1. The second-order valence-corrected chi connectivity index (χ2v) is 2.62. The van der Waals surface area contributed by atoms with E-state index in [1.54, 1.807) is 6.07 Å². The summed E-state index contributed by atoms with van der Waals surface area (Å²) in [5.41, 5.74) is 0.931. The van der Waals surface area contributed by atoms with Crippen molar-refractivity contribution in [1.29, 1.82) is 0 Å². The first-order chi connectivity index (χ1) is 4.70. The van der Waals surface area contributed by atoms with E-state index in [4.69, 9.17) is 0 Å². The van der Waals surface area contributed by atoms with Gasteiger partial charge in [-0.05, 0) is 29.7 Å². The van der Waals surface area contributed by atoms with Crippen molar-refractivity contribution in [3.63, 3.8) is 0 Å². The summed E-state index contributed by atoms with van der Waals surface area (Å²) in [4.78, 5) is 0. The van der Waals surface area contributed by atoms with Crippen molar-refractivity contribution in [3.05, 3.63) is 35.6 Å². The van der Waals surface area contributed by atoms with Gasteiger partial charge < -0.3 is 0 Å². The minimum atomic E-state index is -0.178. The topological polar surface area (TPSA) is 0 Å². The minimum absolute atomic E-state index is 0.178. The van der Waals surface area contributed by atoms with Crippen molar-refractivity contribution >= 4 is 0 Å². The Bertz CT molecular complexity index is 216. The van der Waals surface area contributed by atoms with E-state index >= 15 is 0 Å². The highest BCUT2D eigenvalue weighted by Gasteiger charge is 1.98. The highest BCUT2D eigenvalue weighted by atomic mass is 19.1. The van der Waals surface area contributed by atoms with Crippen LogP contribution in [0.4, 0.5) is 4.39 Å². The van der Waals surface area contributed by atoms with Gasteiger partial charge in [0, 0.05) is 0 Å². The summed E-state index contributed by atoms with van der Waals surface area (Å²) < 4.78 is 12.5. The molecule has 53 valence electrons. The smallest absolute Gasteiger partial charge is 0.123 e. The number of benzene rings is 1. The SMILES string of the molecule is CC(C)c1[c]ccc(F)c1. The zero-order chi connectivity index (χ0) is 7.56. The first-order valence-corrected chi connectivity index (χ1v) is 3.37. The molecule has 0 saturated heterocycles. The Hall–Kier alpha value is -0.850. The van der Waals surface area contributed by atoms with E-state index in [9.17, 15) is 4.39 Å². The maximum atomic E-state index is 12.5. The average Bonchev–Trinajstić information content (AvgIpc) is 1.88. The van der Waals surface area contributed by atoms with Gasteiger partial charge in [0.05, 0.1) is 0 Å². The van der Waals surface area contributed by atoms with E-state index in [-0.39, 0.29) is 5.82 Å². The Labute approximate surface area is 60.7 Å². The molecule has 0 spiro atoms. The summed E-state index contributed by atoms with van der Waals surface area (Å²) in [6.45, 7) is 4.04. The summed E-state index contributed by atoms with van der Waals surface area (Å²) in [7, 11) is 0. The summed E-state index contributed by atoms with van der Waals surface area (Å²) >= 11 is 0. The molecule has 0 nitrogen and oxygen atoms in total. The van der Waals surface area contributed by atoms with Gasteiger partial charge in [-0.2, -0.15) is 0 Å². The predicted molar refractivity (Wildman–Crippen MR) is 39.3 cm³/mol. The van der Waals surface area contributed by atoms with Crippen LogP contribution in [-0.2, 0) is 0 Å². The highest BCUT2D eigenvalue weighted by Crippen LogP contribution is 2.13. The Morgan fingerprint density at radius 3 is 2.60 bits per heavy atom. The molecule has 0 aliphatic rings. The van der Waals surface area contributed by atoms with E-state index in [1.165, 1.54) is 12.1 Å². The van der Waals surface area contributed by atoms with Crippen LogP contribution in [0, 0.1) is 11.9 Å². The monoisotopic (exact) mass is 137 g/mol. The Balaban J connectivity index is 2.96. The molecular formula is C9H10F. The van der Waals surface area contributed by atoms with Crippen LogP contribution in [0.3, 0.4) is 0 Å². The van der Waals surface area contributed by atoms with E-state index in [0.29, 0.717) is 5.92 Å². The van der Waals surface area contributed by atoms with E-state index in [2.05, 4.69) is 6.07 Å². The van der Waals surface area contributed by atoms with Crippen molar-refractivity contribution < 1.29 is 4.39 Å². The summed E-state index contributed by atoms with van der Waals surface area (Å²) in [5, 5.41) is 0. The van der Waals surface area contributed by atoms with Gasteiger partial charge in [-0.1, -0.05) is 19.9 Å². The summed E-state index contributed by atoms with van der Waals surface area (Å²) in [5.74, 6) is 0.179. The molecule has 0 amide bonds. The van der Waals surface area contributed by atoms with Crippen LogP contribution in [0.5, 0.6) is 0 Å². The molecule has 0 unspecified atom stereocenters. The van der Waals surface area contributed by atoms with E-state index < -0.39 is 0 Å². The molecule has 10 heavy (non-hydrogen) atoms. The van der Waals surface area contributed by atoms with Gasteiger partial charge in [0.2, 0.25) is 0 Å². The molecular weight excluding hydrogens is 127 g/mol. The van der Waals surface area contributed by atoms with Crippen LogP contribution >= 0.6 is 0 Å². The Morgan fingerprint density at radius 2 is 2.20 bits per heavy atom. The minimum Gasteiger partial charge on any atom is -0.207 e. The van der Waals surface area contributed by atoms with Gasteiger partial charge in [0.15, 0.2) is 0 Å². The van der Waals surface area contributed by atoms with E-state index in [0.717, 1.165) is 5.56 Å². The van der Waals surface area contributed by atoms with Crippen molar-refractivity contribution in [2.45, 2.75) is 19.8 Å². The zero-order valence-corrected chi connectivity index (χ0v) is 6.19. The molecule has 0 bridgehead atoms. The molecule has 1 radical (unpaired) electrons. The lowest BCUT2D eigenvalue weighted by Crippen LogP contribution is -1.87. The zero-order valence-electron chi connectivity index (χ0n) is 6.19. The molecule has 0 N–H and O–H groups in total. The van der Waals surface area contributed by atoms with Gasteiger partial charge in [-0.3, -0.25) is 0 Å². The quantitative estimate of drug-likeness (QED) is 0.558. The third-order valence-corrected chi connectivity index (χ3v) is 1.41. The standard InChI is InChI=1S/C9H10F/c1-7(2)8-4-3-5-9(10)6-8/h3,5-7H,1-2H3. The Kier molecular flexibility index (Phi) is 2.05. The van der Waals surface area contributed by atoms with Crippen molar-refractivity contribution in [3.8, 4) is 0 Å². The molecule has 1 aromatic carbocycles. The normalized spacial score (nSPS) is 10.4. The third-order valence-electron chi connectivity index (χ3n) is 1.41. The van der Waals surface area contributed by atoms with Gasteiger partial charge in [0.1, 0.15) is 5.82 Å². The van der Waals surface area contributed by atoms with Crippen molar-refractivity contribution in [2.24, 2.45) is 0 Å². The fourth-order valence-corrected chi connectivity index (χ4v) is 0.789. The first-order valence-electron chi connectivity index (χ1n) is 3.37. The van der Waals surface area contributed by atoms with Gasteiger partial charge in [0.25, 0.3) is 0 Å². The molecule has 0 atom stereocenters. The Morgan fingerprint density at radius 1 is 1.50 bits per heavy atom. The summed E-state index contributed by atoms with van der Waals surface area (Å²) in [6.07, 6.45) is 0. The lowest BCUT2D eigenvalue weighted by molar-refractivity contribution is 0.623. The fourth-order valence-electron chi connectivity index (χ4n) is 0.789. The molecule has 1 aromatic rings. The first kappa shape index (κ1) is 7.26. The number of hydrogen-bond donors (Lipinski definition) is 0. The van der Waals surface area contributed by atoms with Crippen molar-refractivity contribution in [1.82, 2.24) is 0 Å².